The molecule has 1 amide bonds. The fraction of sp³-hybridized carbons (Fsp3) is 0.167. The summed E-state index contributed by atoms with van der Waals surface area (Å²) in [4.78, 5) is 12.1. The summed E-state index contributed by atoms with van der Waals surface area (Å²) in [7, 11) is 3.44. The van der Waals surface area contributed by atoms with Gasteiger partial charge in [0.25, 0.3) is 0 Å². The van der Waals surface area contributed by atoms with Gasteiger partial charge in [-0.2, -0.15) is 0 Å². The van der Waals surface area contributed by atoms with Crippen LogP contribution >= 0.6 is 11.8 Å². The Morgan fingerprint density at radius 3 is 2.65 bits per heavy atom. The average molecular weight is 372 g/mol. The summed E-state index contributed by atoms with van der Waals surface area (Å²) < 4.78 is 20.1. The molecule has 1 N–H and O–H groups in total. The number of benzene rings is 2. The first-order chi connectivity index (χ1) is 12.6. The van der Waals surface area contributed by atoms with Gasteiger partial charge in [-0.05, 0) is 36.4 Å². The minimum Gasteiger partial charge on any atom is -0.496 e. The van der Waals surface area contributed by atoms with Gasteiger partial charge in [0.05, 0.1) is 18.4 Å². The molecule has 3 aromatic rings. The van der Waals surface area contributed by atoms with Crippen LogP contribution in [-0.4, -0.2) is 33.5 Å². The Morgan fingerprint density at radius 2 is 1.92 bits per heavy atom. The molecular formula is C18H17FN4O2S. The van der Waals surface area contributed by atoms with E-state index in [-0.39, 0.29) is 17.5 Å². The van der Waals surface area contributed by atoms with Crippen LogP contribution in [0.2, 0.25) is 0 Å². The second-order valence-corrected chi connectivity index (χ2v) is 6.35. The van der Waals surface area contributed by atoms with Gasteiger partial charge in [0, 0.05) is 12.7 Å². The Labute approximate surface area is 154 Å². The summed E-state index contributed by atoms with van der Waals surface area (Å²) in [5, 5.41) is 11.7. The maximum Gasteiger partial charge on any atom is 0.234 e. The van der Waals surface area contributed by atoms with Crippen LogP contribution < -0.4 is 10.1 Å². The van der Waals surface area contributed by atoms with Gasteiger partial charge in [-0.3, -0.25) is 4.79 Å². The molecule has 0 aliphatic carbocycles. The fourth-order valence-electron chi connectivity index (χ4n) is 2.36. The lowest BCUT2D eigenvalue weighted by molar-refractivity contribution is -0.113. The molecule has 1 heterocycles. The van der Waals surface area contributed by atoms with Gasteiger partial charge in [-0.15, -0.1) is 10.2 Å². The number of rotatable bonds is 6. The normalized spacial score (nSPS) is 10.6. The van der Waals surface area contributed by atoms with E-state index in [0.717, 1.165) is 5.56 Å². The van der Waals surface area contributed by atoms with Gasteiger partial charge in [-0.25, -0.2) is 4.39 Å². The number of halogens is 1. The van der Waals surface area contributed by atoms with E-state index in [1.54, 1.807) is 7.11 Å². The highest BCUT2D eigenvalue weighted by molar-refractivity contribution is 7.99. The minimum absolute atomic E-state index is 0.162. The molecule has 0 fully saturated rings. The average Bonchev–Trinajstić information content (AvgIpc) is 3.02. The van der Waals surface area contributed by atoms with Crippen molar-refractivity contribution in [1.29, 1.82) is 0 Å². The van der Waals surface area contributed by atoms with Crippen LogP contribution in [0.1, 0.15) is 0 Å². The minimum atomic E-state index is -0.347. The van der Waals surface area contributed by atoms with E-state index in [1.807, 2.05) is 35.9 Å². The maximum absolute atomic E-state index is 12.9. The van der Waals surface area contributed by atoms with Crippen molar-refractivity contribution in [3.8, 4) is 17.1 Å². The molecule has 134 valence electrons. The molecular weight excluding hydrogens is 355 g/mol. The van der Waals surface area contributed by atoms with Crippen molar-refractivity contribution in [2.75, 3.05) is 18.2 Å². The van der Waals surface area contributed by atoms with Crippen LogP contribution in [0, 0.1) is 5.82 Å². The van der Waals surface area contributed by atoms with Crippen molar-refractivity contribution in [1.82, 2.24) is 14.8 Å². The number of methoxy groups -OCH3 is 1. The van der Waals surface area contributed by atoms with Crippen LogP contribution in [-0.2, 0) is 11.8 Å². The van der Waals surface area contributed by atoms with E-state index in [4.69, 9.17) is 4.74 Å². The van der Waals surface area contributed by atoms with E-state index >= 15 is 0 Å². The number of aromatic nitrogens is 3. The van der Waals surface area contributed by atoms with Crippen LogP contribution in [0.3, 0.4) is 0 Å². The number of nitrogens with zero attached hydrogens (tertiary/aromatic N) is 3. The van der Waals surface area contributed by atoms with Crippen molar-refractivity contribution in [3.05, 3.63) is 54.3 Å². The Morgan fingerprint density at radius 1 is 1.19 bits per heavy atom. The molecule has 8 heteroatoms. The molecule has 0 unspecified atom stereocenters. The molecule has 6 nitrogen and oxygen atoms in total. The number of nitrogens with one attached hydrogen (secondary N) is 1. The lowest BCUT2D eigenvalue weighted by Crippen LogP contribution is -2.14. The molecule has 0 radical (unpaired) electrons. The molecule has 26 heavy (non-hydrogen) atoms. The topological polar surface area (TPSA) is 69.0 Å². The Kier molecular flexibility index (Phi) is 5.52. The predicted molar refractivity (Wildman–Crippen MR) is 98.7 cm³/mol. The SMILES string of the molecule is COc1ccccc1-c1nnc(SCC(=O)Nc2ccc(F)cc2)n1C. The second kappa shape index (κ2) is 8.01. The molecule has 0 saturated heterocycles. The summed E-state index contributed by atoms with van der Waals surface area (Å²) in [6, 6.07) is 13.2. The van der Waals surface area contributed by atoms with Crippen LogP contribution in [0.5, 0.6) is 5.75 Å². The molecule has 0 bridgehead atoms. The predicted octanol–water partition coefficient (Wildman–Crippen LogP) is 3.36. The summed E-state index contributed by atoms with van der Waals surface area (Å²) in [5.41, 5.74) is 1.37. The summed E-state index contributed by atoms with van der Waals surface area (Å²) in [6.07, 6.45) is 0. The van der Waals surface area contributed by atoms with E-state index in [1.165, 1.54) is 36.0 Å². The van der Waals surface area contributed by atoms with Crippen molar-refractivity contribution < 1.29 is 13.9 Å². The summed E-state index contributed by atoms with van der Waals surface area (Å²) in [6.45, 7) is 0. The van der Waals surface area contributed by atoms with Crippen LogP contribution in [0.25, 0.3) is 11.4 Å². The fourth-order valence-corrected chi connectivity index (χ4v) is 3.08. The second-order valence-electron chi connectivity index (χ2n) is 5.41. The number of anilines is 1. The third kappa shape index (κ3) is 4.02. The third-order valence-electron chi connectivity index (χ3n) is 3.64. The lowest BCUT2D eigenvalue weighted by atomic mass is 10.2. The molecule has 0 saturated carbocycles. The van der Waals surface area contributed by atoms with Crippen molar-refractivity contribution in [2.45, 2.75) is 5.16 Å². The first kappa shape index (κ1) is 17.9. The first-order valence-electron chi connectivity index (χ1n) is 7.79. The molecule has 1 aromatic heterocycles. The molecule has 3 rings (SSSR count). The number of carbonyl (C=O) groups excluding carboxylic acids is 1. The molecule has 0 spiro atoms. The van der Waals surface area contributed by atoms with Crippen molar-refractivity contribution in [3.63, 3.8) is 0 Å². The van der Waals surface area contributed by atoms with Gasteiger partial charge in [-0.1, -0.05) is 23.9 Å². The van der Waals surface area contributed by atoms with Gasteiger partial charge >= 0.3 is 0 Å². The number of thioether (sulfide) groups is 1. The van der Waals surface area contributed by atoms with Crippen LogP contribution in [0.15, 0.2) is 53.7 Å². The number of hydrogen-bond donors (Lipinski definition) is 1. The van der Waals surface area contributed by atoms with Gasteiger partial charge in [0.1, 0.15) is 11.6 Å². The third-order valence-corrected chi connectivity index (χ3v) is 4.66. The zero-order valence-electron chi connectivity index (χ0n) is 14.3. The quantitative estimate of drug-likeness (QED) is 0.672. The zero-order chi connectivity index (χ0) is 18.5. The van der Waals surface area contributed by atoms with Gasteiger partial charge in [0.2, 0.25) is 5.91 Å². The largest absolute Gasteiger partial charge is 0.496 e. The van der Waals surface area contributed by atoms with E-state index in [2.05, 4.69) is 15.5 Å². The molecule has 2 aromatic carbocycles. The standard InChI is InChI=1S/C18H17FN4O2S/c1-23-17(14-5-3-4-6-15(14)25-2)21-22-18(23)26-11-16(24)20-13-9-7-12(19)8-10-13/h3-10H,11H2,1-2H3,(H,20,24). The highest BCUT2D eigenvalue weighted by Gasteiger charge is 2.15. The smallest absolute Gasteiger partial charge is 0.234 e. The number of para-hydroxylation sites is 1. The van der Waals surface area contributed by atoms with Crippen molar-refractivity contribution in [2.24, 2.45) is 7.05 Å². The highest BCUT2D eigenvalue weighted by atomic mass is 32.2. The highest BCUT2D eigenvalue weighted by Crippen LogP contribution is 2.29. The van der Waals surface area contributed by atoms with Crippen molar-refractivity contribution >= 4 is 23.4 Å². The summed E-state index contributed by atoms with van der Waals surface area (Å²) in [5.74, 6) is 0.969. The Balaban J connectivity index is 1.67. The van der Waals surface area contributed by atoms with E-state index in [0.29, 0.717) is 22.4 Å². The monoisotopic (exact) mass is 372 g/mol. The number of carbonyl (C=O) groups is 1. The van der Waals surface area contributed by atoms with E-state index in [9.17, 15) is 9.18 Å². The number of amides is 1. The van der Waals surface area contributed by atoms with Gasteiger partial charge in [0.15, 0.2) is 11.0 Å². The molecule has 0 atom stereocenters. The molecule has 0 aliphatic heterocycles. The molecule has 0 aliphatic rings. The number of hydrogen-bond acceptors (Lipinski definition) is 5. The van der Waals surface area contributed by atoms with E-state index < -0.39 is 0 Å². The zero-order valence-corrected chi connectivity index (χ0v) is 15.1. The van der Waals surface area contributed by atoms with Gasteiger partial charge < -0.3 is 14.6 Å². The first-order valence-corrected chi connectivity index (χ1v) is 8.78. The number of ether oxygens (including phenoxy) is 1. The lowest BCUT2D eigenvalue weighted by Gasteiger charge is -2.08. The maximum atomic E-state index is 12.9. The van der Waals surface area contributed by atoms with Crippen LogP contribution in [0.4, 0.5) is 10.1 Å². The Hall–Kier alpha value is -2.87. The summed E-state index contributed by atoms with van der Waals surface area (Å²) >= 11 is 1.27. The Bertz CT molecular complexity index is 912.